The van der Waals surface area contributed by atoms with Gasteiger partial charge >= 0.3 is 6.03 Å². The second kappa shape index (κ2) is 7.39. The zero-order chi connectivity index (χ0) is 20.6. The van der Waals surface area contributed by atoms with E-state index in [1.54, 1.807) is 17.0 Å². The molecule has 0 aliphatic carbocycles. The largest absolute Gasteiger partial charge is 0.351 e. The van der Waals surface area contributed by atoms with E-state index in [1.165, 1.54) is 12.1 Å². The number of amides is 3. The lowest BCUT2D eigenvalue weighted by molar-refractivity contribution is 0.0809. The number of carbonyl (C=O) groups is 2. The molecule has 2 aromatic rings. The summed E-state index contributed by atoms with van der Waals surface area (Å²) in [4.78, 5) is 29.1. The third-order valence-electron chi connectivity index (χ3n) is 5.98. The van der Waals surface area contributed by atoms with Gasteiger partial charge in [0.15, 0.2) is 0 Å². The Labute approximate surface area is 169 Å². The Kier molecular flexibility index (Phi) is 4.90. The number of rotatable bonds is 2. The standard InChI is InChI=1S/C22H25FN4O2/c1-15-3-8-19-18(13-15)20(28)25-22(26(19)2)9-11-27(12-10-22)21(29)24-14-16-4-6-17(23)7-5-16/h3-8,13H,9-12,14H2,1-2H3,(H,24,29)(H,25,28). The molecule has 0 saturated carbocycles. The van der Waals surface area contributed by atoms with Crippen molar-refractivity contribution in [3.05, 3.63) is 65.0 Å². The number of hydrogen-bond donors (Lipinski definition) is 2. The maximum atomic E-state index is 13.0. The van der Waals surface area contributed by atoms with Gasteiger partial charge in [-0.3, -0.25) is 4.79 Å². The molecule has 0 atom stereocenters. The number of fused-ring (bicyclic) bond motifs is 1. The Bertz CT molecular complexity index is 936. The van der Waals surface area contributed by atoms with E-state index in [0.717, 1.165) is 16.8 Å². The van der Waals surface area contributed by atoms with Gasteiger partial charge in [-0.1, -0.05) is 23.8 Å². The van der Waals surface area contributed by atoms with Crippen molar-refractivity contribution < 1.29 is 14.0 Å². The Morgan fingerprint density at radius 1 is 1.17 bits per heavy atom. The molecule has 0 aromatic heterocycles. The van der Waals surface area contributed by atoms with Crippen LogP contribution in [-0.4, -0.2) is 42.6 Å². The fourth-order valence-corrected chi connectivity index (χ4v) is 4.15. The first kappa shape index (κ1) is 19.2. The first-order valence-electron chi connectivity index (χ1n) is 9.82. The van der Waals surface area contributed by atoms with Crippen LogP contribution in [0.25, 0.3) is 0 Å². The van der Waals surface area contributed by atoms with Crippen LogP contribution in [0, 0.1) is 12.7 Å². The minimum absolute atomic E-state index is 0.0592. The molecule has 1 spiro atoms. The van der Waals surface area contributed by atoms with Crippen LogP contribution in [0.15, 0.2) is 42.5 Å². The average Bonchev–Trinajstić information content (AvgIpc) is 2.72. The van der Waals surface area contributed by atoms with E-state index in [-0.39, 0.29) is 17.8 Å². The minimum atomic E-state index is -0.479. The van der Waals surface area contributed by atoms with Gasteiger partial charge in [-0.25, -0.2) is 9.18 Å². The summed E-state index contributed by atoms with van der Waals surface area (Å²) >= 11 is 0. The number of urea groups is 1. The summed E-state index contributed by atoms with van der Waals surface area (Å²) < 4.78 is 13.0. The molecule has 1 saturated heterocycles. The van der Waals surface area contributed by atoms with E-state index in [4.69, 9.17) is 0 Å². The van der Waals surface area contributed by atoms with Crippen LogP contribution in [-0.2, 0) is 6.54 Å². The number of carbonyl (C=O) groups excluding carboxylic acids is 2. The van der Waals surface area contributed by atoms with Crippen molar-refractivity contribution >= 4 is 17.6 Å². The van der Waals surface area contributed by atoms with Gasteiger partial charge < -0.3 is 20.4 Å². The molecule has 152 valence electrons. The monoisotopic (exact) mass is 396 g/mol. The zero-order valence-electron chi connectivity index (χ0n) is 16.7. The minimum Gasteiger partial charge on any atom is -0.351 e. The number of benzene rings is 2. The second-order valence-corrected chi connectivity index (χ2v) is 7.84. The number of piperidine rings is 1. The fraction of sp³-hybridized carbons (Fsp3) is 0.364. The number of aryl methyl sites for hydroxylation is 1. The topological polar surface area (TPSA) is 64.7 Å². The summed E-state index contributed by atoms with van der Waals surface area (Å²) in [6.07, 6.45) is 1.29. The Morgan fingerprint density at radius 3 is 2.55 bits per heavy atom. The predicted molar refractivity (Wildman–Crippen MR) is 109 cm³/mol. The molecule has 2 aromatic carbocycles. The van der Waals surface area contributed by atoms with E-state index >= 15 is 0 Å². The lowest BCUT2D eigenvalue weighted by Gasteiger charge is -2.51. The number of hydrogen-bond acceptors (Lipinski definition) is 3. The molecule has 2 aliphatic rings. The number of anilines is 1. The summed E-state index contributed by atoms with van der Waals surface area (Å²) in [6, 6.07) is 11.8. The van der Waals surface area contributed by atoms with Crippen LogP contribution in [0.1, 0.15) is 34.3 Å². The third kappa shape index (κ3) is 3.64. The van der Waals surface area contributed by atoms with Crippen LogP contribution >= 0.6 is 0 Å². The van der Waals surface area contributed by atoms with Crippen LogP contribution in [0.5, 0.6) is 0 Å². The van der Waals surface area contributed by atoms with Crippen molar-refractivity contribution in [1.82, 2.24) is 15.5 Å². The summed E-state index contributed by atoms with van der Waals surface area (Å²) in [7, 11) is 2.00. The summed E-state index contributed by atoms with van der Waals surface area (Å²) in [5, 5.41) is 6.07. The van der Waals surface area contributed by atoms with E-state index in [2.05, 4.69) is 15.5 Å². The highest BCUT2D eigenvalue weighted by Gasteiger charge is 2.44. The quantitative estimate of drug-likeness (QED) is 0.820. The highest BCUT2D eigenvalue weighted by Crippen LogP contribution is 2.36. The summed E-state index contributed by atoms with van der Waals surface area (Å²) in [6.45, 7) is 3.41. The van der Waals surface area contributed by atoms with E-state index in [0.29, 0.717) is 38.0 Å². The Hall–Kier alpha value is -3.09. The number of nitrogens with zero attached hydrogens (tertiary/aromatic N) is 2. The van der Waals surface area contributed by atoms with Gasteiger partial charge in [0.05, 0.1) is 11.3 Å². The molecule has 3 amide bonds. The van der Waals surface area contributed by atoms with Gasteiger partial charge in [0.1, 0.15) is 11.5 Å². The molecule has 2 heterocycles. The molecule has 0 bridgehead atoms. The van der Waals surface area contributed by atoms with Gasteiger partial charge in [-0.2, -0.15) is 0 Å². The molecule has 0 radical (unpaired) electrons. The SMILES string of the molecule is Cc1ccc2c(c1)C(=O)NC1(CCN(C(=O)NCc3ccc(F)cc3)CC1)N2C. The third-order valence-corrected chi connectivity index (χ3v) is 5.98. The Balaban J connectivity index is 1.39. The van der Waals surface area contributed by atoms with Gasteiger partial charge in [0.2, 0.25) is 0 Å². The van der Waals surface area contributed by atoms with E-state index in [1.807, 2.05) is 32.2 Å². The van der Waals surface area contributed by atoms with Crippen LogP contribution in [0.3, 0.4) is 0 Å². The van der Waals surface area contributed by atoms with Crippen LogP contribution < -0.4 is 15.5 Å². The fourth-order valence-electron chi connectivity index (χ4n) is 4.15. The normalized spacial score (nSPS) is 17.7. The van der Waals surface area contributed by atoms with E-state index in [9.17, 15) is 14.0 Å². The molecule has 6 nitrogen and oxygen atoms in total. The lowest BCUT2D eigenvalue weighted by Crippen LogP contribution is -2.67. The van der Waals surface area contributed by atoms with Crippen molar-refractivity contribution in [3.63, 3.8) is 0 Å². The van der Waals surface area contributed by atoms with Crippen molar-refractivity contribution in [2.75, 3.05) is 25.0 Å². The van der Waals surface area contributed by atoms with Gasteiger partial charge in [0, 0.05) is 39.5 Å². The van der Waals surface area contributed by atoms with Crippen molar-refractivity contribution in [2.24, 2.45) is 0 Å². The highest BCUT2D eigenvalue weighted by atomic mass is 19.1. The molecule has 2 aliphatic heterocycles. The van der Waals surface area contributed by atoms with E-state index < -0.39 is 5.66 Å². The molecule has 7 heteroatoms. The first-order valence-corrected chi connectivity index (χ1v) is 9.82. The number of halogens is 1. The van der Waals surface area contributed by atoms with Crippen molar-refractivity contribution in [2.45, 2.75) is 32.0 Å². The molecule has 2 N–H and O–H groups in total. The second-order valence-electron chi connectivity index (χ2n) is 7.84. The smallest absolute Gasteiger partial charge is 0.317 e. The first-order chi connectivity index (χ1) is 13.9. The summed E-state index contributed by atoms with van der Waals surface area (Å²) in [5.74, 6) is -0.354. The number of likely N-dealkylation sites (tertiary alicyclic amines) is 1. The molecule has 1 fully saturated rings. The molecule has 0 unspecified atom stereocenters. The van der Waals surface area contributed by atoms with Crippen LogP contribution in [0.4, 0.5) is 14.9 Å². The van der Waals surface area contributed by atoms with Gasteiger partial charge in [-0.15, -0.1) is 0 Å². The number of nitrogens with one attached hydrogen (secondary N) is 2. The predicted octanol–water partition coefficient (Wildman–Crippen LogP) is 3.02. The average molecular weight is 396 g/mol. The Morgan fingerprint density at radius 2 is 1.86 bits per heavy atom. The highest BCUT2D eigenvalue weighted by molar-refractivity contribution is 6.02. The van der Waals surface area contributed by atoms with Gasteiger partial charge in [-0.05, 0) is 36.8 Å². The van der Waals surface area contributed by atoms with Crippen molar-refractivity contribution in [3.8, 4) is 0 Å². The lowest BCUT2D eigenvalue weighted by atomic mass is 9.90. The van der Waals surface area contributed by atoms with Crippen LogP contribution in [0.2, 0.25) is 0 Å². The van der Waals surface area contributed by atoms with Crippen molar-refractivity contribution in [1.29, 1.82) is 0 Å². The zero-order valence-corrected chi connectivity index (χ0v) is 16.7. The summed E-state index contributed by atoms with van der Waals surface area (Å²) in [5.41, 5.74) is 3.04. The molecule has 4 rings (SSSR count). The molecular formula is C22H25FN4O2. The molecular weight excluding hydrogens is 371 g/mol. The maximum absolute atomic E-state index is 13.0. The van der Waals surface area contributed by atoms with Gasteiger partial charge in [0.25, 0.3) is 5.91 Å². The molecule has 29 heavy (non-hydrogen) atoms. The maximum Gasteiger partial charge on any atom is 0.317 e.